The first-order valence-corrected chi connectivity index (χ1v) is 8.67. The van der Waals surface area contributed by atoms with Gasteiger partial charge in [0.05, 0.1) is 11.6 Å². The predicted molar refractivity (Wildman–Crippen MR) is 91.6 cm³/mol. The first-order valence-electron chi connectivity index (χ1n) is 7.68. The summed E-state index contributed by atoms with van der Waals surface area (Å²) in [4.78, 5) is 36.6. The normalized spacial score (nSPS) is 13.6. The summed E-state index contributed by atoms with van der Waals surface area (Å²) in [6.07, 6.45) is 1.94. The molecule has 0 atom stereocenters. The third-order valence-electron chi connectivity index (χ3n) is 3.27. The van der Waals surface area contributed by atoms with Crippen LogP contribution >= 0.6 is 11.8 Å². The van der Waals surface area contributed by atoms with Crippen LogP contribution in [0, 0.1) is 0 Å². The summed E-state index contributed by atoms with van der Waals surface area (Å²) in [5, 5.41) is 11.9. The molecule has 0 spiro atoms. The molecule has 1 aromatic rings. The van der Waals surface area contributed by atoms with E-state index in [2.05, 4.69) is 21.1 Å². The van der Waals surface area contributed by atoms with Crippen LogP contribution in [-0.2, 0) is 4.74 Å². The van der Waals surface area contributed by atoms with Crippen molar-refractivity contribution in [2.24, 2.45) is 0 Å². The van der Waals surface area contributed by atoms with Gasteiger partial charge in [-0.15, -0.1) is 11.8 Å². The zero-order chi connectivity index (χ0) is 18.2. The van der Waals surface area contributed by atoms with Crippen molar-refractivity contribution in [2.45, 2.75) is 6.42 Å². The molecular formula is C15H20N4O5S. The quantitative estimate of drug-likeness (QED) is 0.391. The minimum atomic E-state index is -0.570. The fourth-order valence-corrected chi connectivity index (χ4v) is 2.99. The molecule has 0 saturated carbocycles. The summed E-state index contributed by atoms with van der Waals surface area (Å²) in [5.74, 6) is -1.04. The Balaban J connectivity index is 1.89. The lowest BCUT2D eigenvalue weighted by atomic mass is 10.00. The van der Waals surface area contributed by atoms with Crippen LogP contribution in [0.25, 0.3) is 0 Å². The molecule has 0 radical (unpaired) electrons. The van der Waals surface area contributed by atoms with E-state index in [4.69, 9.17) is 9.26 Å². The number of carbonyl (C=O) groups is 3. The van der Waals surface area contributed by atoms with Gasteiger partial charge in [-0.2, -0.15) is 0 Å². The highest BCUT2D eigenvalue weighted by atomic mass is 32.2. The Morgan fingerprint density at radius 1 is 1.36 bits per heavy atom. The number of hydrogen-bond donors (Lipinski definition) is 3. The molecule has 0 aliphatic heterocycles. The average molecular weight is 368 g/mol. The third kappa shape index (κ3) is 4.75. The molecule has 0 aromatic carbocycles. The number of amides is 1. The van der Waals surface area contributed by atoms with Gasteiger partial charge in [0.1, 0.15) is 5.56 Å². The predicted octanol–water partition coefficient (Wildman–Crippen LogP) is 0.161. The smallest absolute Gasteiger partial charge is 0.274 e. The Morgan fingerprint density at radius 3 is 2.88 bits per heavy atom. The van der Waals surface area contributed by atoms with E-state index in [-0.39, 0.29) is 21.9 Å². The third-order valence-corrected chi connectivity index (χ3v) is 4.37. The fourth-order valence-electron chi connectivity index (χ4n) is 2.09. The number of thioether (sulfide) groups is 1. The highest BCUT2D eigenvalue weighted by Gasteiger charge is 2.35. The molecule has 0 saturated heterocycles. The summed E-state index contributed by atoms with van der Waals surface area (Å²) in [5.41, 5.74) is -0.233. The fraction of sp³-hybridized carbons (Fsp3) is 0.467. The monoisotopic (exact) mass is 368 g/mol. The largest absolute Gasteiger partial charge is 0.366 e. The van der Waals surface area contributed by atoms with Crippen molar-refractivity contribution in [3.05, 3.63) is 28.0 Å². The Morgan fingerprint density at radius 2 is 2.16 bits per heavy atom. The zero-order valence-corrected chi connectivity index (χ0v) is 14.8. The van der Waals surface area contributed by atoms with Gasteiger partial charge in [-0.1, -0.05) is 5.16 Å². The number of nitrogens with zero attached hydrogens (tertiary/aromatic N) is 1. The van der Waals surface area contributed by atoms with Crippen LogP contribution in [0.15, 0.2) is 15.5 Å². The molecule has 1 heterocycles. The molecule has 10 heteroatoms. The van der Waals surface area contributed by atoms with Gasteiger partial charge in [0.25, 0.3) is 5.91 Å². The van der Waals surface area contributed by atoms with E-state index in [1.54, 1.807) is 0 Å². The Hall–Kier alpha value is -2.01. The van der Waals surface area contributed by atoms with E-state index < -0.39 is 17.5 Å². The van der Waals surface area contributed by atoms with Crippen molar-refractivity contribution < 1.29 is 23.6 Å². The number of aromatic nitrogens is 1. The molecule has 2 rings (SSSR count). The minimum Gasteiger partial charge on any atom is -0.366 e. The van der Waals surface area contributed by atoms with Gasteiger partial charge in [-0.25, -0.2) is 0 Å². The molecule has 9 nitrogen and oxygen atoms in total. The molecule has 25 heavy (non-hydrogen) atoms. The molecule has 1 aliphatic rings. The maximum Gasteiger partial charge on any atom is 0.274 e. The lowest BCUT2D eigenvalue weighted by Gasteiger charge is -2.11. The van der Waals surface area contributed by atoms with Gasteiger partial charge in [0.2, 0.25) is 17.3 Å². The summed E-state index contributed by atoms with van der Waals surface area (Å²) in [6.45, 7) is 1.62. The van der Waals surface area contributed by atoms with Gasteiger partial charge >= 0.3 is 0 Å². The molecule has 0 unspecified atom stereocenters. The van der Waals surface area contributed by atoms with Crippen LogP contribution in [0.5, 0.6) is 0 Å². The van der Waals surface area contributed by atoms with Gasteiger partial charge in [-0.05, 0) is 13.5 Å². The molecule has 136 valence electrons. The van der Waals surface area contributed by atoms with Crippen LogP contribution < -0.4 is 16.0 Å². The second kappa shape index (κ2) is 9.47. The highest BCUT2D eigenvalue weighted by Crippen LogP contribution is 2.30. The van der Waals surface area contributed by atoms with Gasteiger partial charge < -0.3 is 19.9 Å². The molecule has 0 fully saturated rings. The average Bonchev–Trinajstić information content (AvgIpc) is 3.06. The van der Waals surface area contributed by atoms with Crippen LogP contribution in [0.2, 0.25) is 0 Å². The van der Waals surface area contributed by atoms with Crippen molar-refractivity contribution >= 4 is 29.2 Å². The van der Waals surface area contributed by atoms with Crippen LogP contribution in [0.1, 0.15) is 37.8 Å². The zero-order valence-electron chi connectivity index (χ0n) is 14.0. The number of Topliss-reactive ketones (excluding diaryl/α,β-unsaturated/α-hetero) is 1. The Labute approximate surface area is 148 Å². The van der Waals surface area contributed by atoms with Crippen molar-refractivity contribution in [1.29, 1.82) is 0 Å². The van der Waals surface area contributed by atoms with E-state index >= 15 is 0 Å². The number of ether oxygens (including phenoxy) is 1. The van der Waals surface area contributed by atoms with Crippen LogP contribution in [0.4, 0.5) is 0 Å². The lowest BCUT2D eigenvalue weighted by molar-refractivity contribution is 0.0944. The van der Waals surface area contributed by atoms with E-state index in [1.807, 2.05) is 7.05 Å². The number of carbonyl (C=O) groups excluding carboxylic acids is 3. The first-order chi connectivity index (χ1) is 12.1. The number of fused-ring (bicyclic) bond motifs is 1. The van der Waals surface area contributed by atoms with E-state index in [0.29, 0.717) is 32.2 Å². The molecule has 0 bridgehead atoms. The van der Waals surface area contributed by atoms with E-state index in [0.717, 1.165) is 0 Å². The van der Waals surface area contributed by atoms with Crippen molar-refractivity contribution in [3.8, 4) is 0 Å². The number of rotatable bonds is 10. The van der Waals surface area contributed by atoms with E-state index in [9.17, 15) is 14.4 Å². The summed E-state index contributed by atoms with van der Waals surface area (Å²) < 4.78 is 10.2. The summed E-state index contributed by atoms with van der Waals surface area (Å²) >= 11 is 1.25. The SMILES string of the molecule is CNCNCOCCCSC1=CC(=O)c2onc(C(=O)NC)c2C1=O. The first kappa shape index (κ1) is 19.3. The Kier molecular flexibility index (Phi) is 7.31. The second-order valence-electron chi connectivity index (χ2n) is 5.05. The number of allylic oxidation sites excluding steroid dienone is 2. The van der Waals surface area contributed by atoms with Gasteiger partial charge in [-0.3, -0.25) is 19.7 Å². The van der Waals surface area contributed by atoms with Gasteiger partial charge in [0, 0.05) is 32.2 Å². The topological polar surface area (TPSA) is 123 Å². The maximum absolute atomic E-state index is 12.5. The maximum atomic E-state index is 12.5. The Bertz CT molecular complexity index is 685. The molecular weight excluding hydrogens is 348 g/mol. The summed E-state index contributed by atoms with van der Waals surface area (Å²) in [6, 6.07) is 0. The van der Waals surface area contributed by atoms with E-state index in [1.165, 1.54) is 24.9 Å². The van der Waals surface area contributed by atoms with Crippen molar-refractivity contribution in [3.63, 3.8) is 0 Å². The van der Waals surface area contributed by atoms with Gasteiger partial charge in [0.15, 0.2) is 5.69 Å². The number of nitrogens with one attached hydrogen (secondary N) is 3. The number of hydrogen-bond acceptors (Lipinski definition) is 9. The molecule has 1 aromatic heterocycles. The van der Waals surface area contributed by atoms with Crippen LogP contribution in [-0.4, -0.2) is 62.5 Å². The second-order valence-corrected chi connectivity index (χ2v) is 6.19. The van der Waals surface area contributed by atoms with Crippen LogP contribution in [0.3, 0.4) is 0 Å². The summed E-state index contributed by atoms with van der Waals surface area (Å²) in [7, 11) is 3.24. The minimum absolute atomic E-state index is 0.0677. The molecule has 1 amide bonds. The number of ketones is 2. The standard InChI is InChI=1S/C15H20N4O5S/c1-16-7-18-8-23-4-3-5-25-10-6-9(20)14-11(13(10)21)12(19-24-14)15(22)17-2/h6,16,18H,3-5,7-8H2,1-2H3,(H,17,22). The van der Waals surface area contributed by atoms with Crippen molar-refractivity contribution in [2.75, 3.05) is 39.9 Å². The lowest BCUT2D eigenvalue weighted by Crippen LogP contribution is -2.28. The van der Waals surface area contributed by atoms with Crippen molar-refractivity contribution in [1.82, 2.24) is 21.1 Å². The molecule has 1 aliphatic carbocycles. The highest BCUT2D eigenvalue weighted by molar-refractivity contribution is 8.04. The molecule has 3 N–H and O–H groups in total.